The van der Waals surface area contributed by atoms with Crippen molar-refractivity contribution >= 4 is 56.7 Å². The first-order chi connectivity index (χ1) is 29.7. The third kappa shape index (κ3) is 6.09. The fourth-order valence-corrected chi connectivity index (χ4v) is 14.7. The van der Waals surface area contributed by atoms with Crippen molar-refractivity contribution in [3.8, 4) is 44.5 Å². The molecule has 0 saturated carbocycles. The standard InChI is InChI=1S/C58H41NSi/c1-5-15-42(16-6-1)44-25-32-50(33-26-44)59(51-34-27-45(28-35-51)43-17-7-2-8-18-43)52-36-29-46(30-37-52)49-31-38-55-56-39-47-19-13-14-20-48(47)40-58(56)60(57(55)41-49,53-21-9-3-10-22-53)54-23-11-4-12-24-54/h1-41H. The highest BCUT2D eigenvalue weighted by molar-refractivity contribution is 7.22. The molecule has 0 aromatic heterocycles. The van der Waals surface area contributed by atoms with Gasteiger partial charge in [-0.05, 0) is 118 Å². The molecule has 2 heteroatoms. The summed E-state index contributed by atoms with van der Waals surface area (Å²) in [6.07, 6.45) is 0. The van der Waals surface area contributed by atoms with Crippen LogP contribution in [0.25, 0.3) is 55.3 Å². The van der Waals surface area contributed by atoms with Crippen LogP contribution in [-0.4, -0.2) is 8.07 Å². The van der Waals surface area contributed by atoms with Crippen molar-refractivity contribution in [2.75, 3.05) is 4.90 Å². The predicted octanol–water partition coefficient (Wildman–Crippen LogP) is 12.7. The average molecular weight is 780 g/mol. The quantitative estimate of drug-likeness (QED) is 0.139. The molecule has 1 heterocycles. The molecule has 0 N–H and O–H groups in total. The second-order valence-electron chi connectivity index (χ2n) is 15.7. The molecule has 1 aliphatic heterocycles. The van der Waals surface area contributed by atoms with Crippen molar-refractivity contribution in [2.45, 2.75) is 0 Å². The maximum Gasteiger partial charge on any atom is 0.180 e. The summed E-state index contributed by atoms with van der Waals surface area (Å²) < 4.78 is 0. The molecule has 11 rings (SSSR count). The Morgan fingerprint density at radius 3 is 1.07 bits per heavy atom. The molecular weight excluding hydrogens is 739 g/mol. The van der Waals surface area contributed by atoms with Gasteiger partial charge in [-0.3, -0.25) is 0 Å². The van der Waals surface area contributed by atoms with Gasteiger partial charge in [0.1, 0.15) is 0 Å². The topological polar surface area (TPSA) is 3.24 Å². The fourth-order valence-electron chi connectivity index (χ4n) is 9.47. The van der Waals surface area contributed by atoms with Crippen molar-refractivity contribution in [3.63, 3.8) is 0 Å². The van der Waals surface area contributed by atoms with Gasteiger partial charge in [0.15, 0.2) is 8.07 Å². The monoisotopic (exact) mass is 779 g/mol. The molecule has 0 radical (unpaired) electrons. The van der Waals surface area contributed by atoms with Crippen molar-refractivity contribution in [3.05, 3.63) is 249 Å². The number of benzene rings is 10. The normalized spacial score (nSPS) is 12.5. The Labute approximate surface area is 353 Å². The molecule has 10 aromatic rings. The highest BCUT2D eigenvalue weighted by atomic mass is 28.3. The van der Waals surface area contributed by atoms with Gasteiger partial charge in [0.2, 0.25) is 0 Å². The molecule has 282 valence electrons. The van der Waals surface area contributed by atoms with Gasteiger partial charge in [-0.1, -0.05) is 206 Å². The maximum absolute atomic E-state index is 2.69. The van der Waals surface area contributed by atoms with E-state index in [0.717, 1.165) is 17.1 Å². The predicted molar refractivity (Wildman–Crippen MR) is 258 cm³/mol. The highest BCUT2D eigenvalue weighted by Crippen LogP contribution is 2.39. The highest BCUT2D eigenvalue weighted by Gasteiger charge is 2.48. The van der Waals surface area contributed by atoms with Crippen LogP contribution in [0.2, 0.25) is 0 Å². The summed E-state index contributed by atoms with van der Waals surface area (Å²) in [5.41, 5.74) is 13.3. The lowest BCUT2D eigenvalue weighted by atomic mass is 9.98. The lowest BCUT2D eigenvalue weighted by molar-refractivity contribution is 1.28. The SMILES string of the molecule is c1ccc(-c2ccc(N(c3ccc(-c4ccccc4)cc3)c3ccc(-c4ccc5c(c4)[Si](c4ccccc4)(c4ccccc4)c4cc6ccccc6cc4-5)cc3)cc2)cc1. The number of rotatable bonds is 8. The number of hydrogen-bond acceptors (Lipinski definition) is 1. The van der Waals surface area contributed by atoms with Crippen LogP contribution in [0.3, 0.4) is 0 Å². The second-order valence-corrected chi connectivity index (χ2v) is 19.4. The molecule has 0 amide bonds. The minimum absolute atomic E-state index is 1.11. The Kier molecular flexibility index (Phi) is 8.91. The Balaban J connectivity index is 1.03. The van der Waals surface area contributed by atoms with Gasteiger partial charge in [-0.2, -0.15) is 0 Å². The minimum atomic E-state index is -2.69. The lowest BCUT2D eigenvalue weighted by Gasteiger charge is -2.31. The van der Waals surface area contributed by atoms with Crippen LogP contribution >= 0.6 is 0 Å². The van der Waals surface area contributed by atoms with Gasteiger partial charge < -0.3 is 4.90 Å². The molecule has 0 bridgehead atoms. The summed E-state index contributed by atoms with van der Waals surface area (Å²) in [6.45, 7) is 0. The molecule has 60 heavy (non-hydrogen) atoms. The molecule has 0 aliphatic carbocycles. The third-order valence-electron chi connectivity index (χ3n) is 12.3. The summed E-state index contributed by atoms with van der Waals surface area (Å²) in [7, 11) is -2.69. The van der Waals surface area contributed by atoms with Crippen LogP contribution in [0.15, 0.2) is 249 Å². The van der Waals surface area contributed by atoms with Crippen molar-refractivity contribution in [1.82, 2.24) is 0 Å². The van der Waals surface area contributed by atoms with Gasteiger partial charge in [0.05, 0.1) is 0 Å². The molecule has 0 fully saturated rings. The van der Waals surface area contributed by atoms with E-state index >= 15 is 0 Å². The van der Waals surface area contributed by atoms with E-state index in [4.69, 9.17) is 0 Å². The Hall–Kier alpha value is -7.52. The zero-order valence-corrected chi connectivity index (χ0v) is 34.1. The van der Waals surface area contributed by atoms with Gasteiger partial charge >= 0.3 is 0 Å². The van der Waals surface area contributed by atoms with Gasteiger partial charge in [-0.25, -0.2) is 0 Å². The summed E-state index contributed by atoms with van der Waals surface area (Å²) in [6, 6.07) is 91.8. The lowest BCUT2D eigenvalue weighted by Crippen LogP contribution is -2.72. The van der Waals surface area contributed by atoms with E-state index in [1.165, 1.54) is 76.0 Å². The van der Waals surface area contributed by atoms with Crippen LogP contribution in [-0.2, 0) is 0 Å². The van der Waals surface area contributed by atoms with Gasteiger partial charge in [0, 0.05) is 17.1 Å². The first kappa shape index (κ1) is 35.6. The molecule has 0 spiro atoms. The van der Waals surface area contributed by atoms with Gasteiger partial charge in [0.25, 0.3) is 0 Å². The zero-order valence-electron chi connectivity index (χ0n) is 33.1. The molecule has 1 aliphatic rings. The Bertz CT molecular complexity index is 2970. The molecule has 0 atom stereocenters. The molecule has 0 saturated heterocycles. The number of fused-ring (bicyclic) bond motifs is 4. The molecule has 0 unspecified atom stereocenters. The van der Waals surface area contributed by atoms with Crippen LogP contribution in [0.4, 0.5) is 17.1 Å². The molecular formula is C58H41NSi. The van der Waals surface area contributed by atoms with Crippen LogP contribution < -0.4 is 25.6 Å². The summed E-state index contributed by atoms with van der Waals surface area (Å²) in [4.78, 5) is 2.36. The summed E-state index contributed by atoms with van der Waals surface area (Å²) >= 11 is 0. The second kappa shape index (κ2) is 15.0. The van der Waals surface area contributed by atoms with E-state index in [2.05, 4.69) is 254 Å². The molecule has 1 nitrogen and oxygen atoms in total. The average Bonchev–Trinajstić information content (AvgIpc) is 3.62. The summed E-state index contributed by atoms with van der Waals surface area (Å²) in [5, 5.41) is 8.30. The Morgan fingerprint density at radius 1 is 0.250 bits per heavy atom. The Morgan fingerprint density at radius 2 is 0.600 bits per heavy atom. The van der Waals surface area contributed by atoms with Crippen LogP contribution in [0.1, 0.15) is 0 Å². The van der Waals surface area contributed by atoms with Crippen molar-refractivity contribution in [1.29, 1.82) is 0 Å². The van der Waals surface area contributed by atoms with Crippen LogP contribution in [0.5, 0.6) is 0 Å². The summed E-state index contributed by atoms with van der Waals surface area (Å²) in [5.74, 6) is 0. The minimum Gasteiger partial charge on any atom is -0.311 e. The van der Waals surface area contributed by atoms with E-state index in [9.17, 15) is 0 Å². The third-order valence-corrected chi connectivity index (χ3v) is 17.2. The number of hydrogen-bond donors (Lipinski definition) is 0. The first-order valence-electron chi connectivity index (χ1n) is 20.7. The number of nitrogens with zero attached hydrogens (tertiary/aromatic N) is 1. The van der Waals surface area contributed by atoms with E-state index in [1.807, 2.05) is 0 Å². The zero-order chi connectivity index (χ0) is 39.9. The molecule has 10 aromatic carbocycles. The number of anilines is 3. The van der Waals surface area contributed by atoms with Crippen molar-refractivity contribution in [2.24, 2.45) is 0 Å². The van der Waals surface area contributed by atoms with E-state index in [-0.39, 0.29) is 0 Å². The van der Waals surface area contributed by atoms with E-state index < -0.39 is 8.07 Å². The smallest absolute Gasteiger partial charge is 0.180 e. The maximum atomic E-state index is 2.52. The van der Waals surface area contributed by atoms with Gasteiger partial charge in [-0.15, -0.1) is 0 Å². The van der Waals surface area contributed by atoms with Crippen LogP contribution in [0, 0.1) is 0 Å². The van der Waals surface area contributed by atoms with Crippen molar-refractivity contribution < 1.29 is 0 Å². The van der Waals surface area contributed by atoms with E-state index in [1.54, 1.807) is 0 Å². The van der Waals surface area contributed by atoms with E-state index in [0.29, 0.717) is 0 Å². The largest absolute Gasteiger partial charge is 0.311 e. The fraction of sp³-hybridized carbons (Fsp3) is 0. The first-order valence-corrected chi connectivity index (χ1v) is 22.7.